The monoisotopic (exact) mass is 225 g/mol. The van der Waals surface area contributed by atoms with Gasteiger partial charge in [0.15, 0.2) is 0 Å². The van der Waals surface area contributed by atoms with Gasteiger partial charge >= 0.3 is 0 Å². The second-order valence-corrected chi connectivity index (χ2v) is 5.10. The van der Waals surface area contributed by atoms with Gasteiger partial charge in [-0.25, -0.2) is 0 Å². The summed E-state index contributed by atoms with van der Waals surface area (Å²) >= 11 is 1.73. The number of aliphatic hydroxyl groups is 1. The maximum atomic E-state index is 9.92. The molecule has 3 heteroatoms. The molecule has 0 spiro atoms. The summed E-state index contributed by atoms with van der Waals surface area (Å²) < 4.78 is 0. The molecule has 0 saturated heterocycles. The molecule has 2 N–H and O–H groups in total. The van der Waals surface area contributed by atoms with Crippen molar-refractivity contribution in [2.45, 2.75) is 50.8 Å². The normalized spacial score (nSPS) is 27.5. The van der Waals surface area contributed by atoms with Crippen LogP contribution in [0.2, 0.25) is 0 Å². The Balaban J connectivity index is 1.81. The standard InChI is InChI=1S/C12H19NOS/c14-12-5-3-1-2-4-11(12)13-8-10-6-7-15-9-10/h6-7,9,11-14H,1-5,8H2. The number of nitrogens with one attached hydrogen (secondary N) is 1. The molecule has 2 rings (SSSR count). The highest BCUT2D eigenvalue weighted by atomic mass is 32.1. The van der Waals surface area contributed by atoms with Crippen molar-refractivity contribution in [2.24, 2.45) is 0 Å². The maximum absolute atomic E-state index is 9.92. The zero-order chi connectivity index (χ0) is 10.5. The van der Waals surface area contributed by atoms with E-state index in [1.807, 2.05) is 0 Å². The van der Waals surface area contributed by atoms with E-state index in [-0.39, 0.29) is 6.10 Å². The lowest BCUT2D eigenvalue weighted by molar-refractivity contribution is 0.119. The topological polar surface area (TPSA) is 32.3 Å². The Morgan fingerprint density at radius 2 is 2.20 bits per heavy atom. The highest BCUT2D eigenvalue weighted by Crippen LogP contribution is 2.18. The smallest absolute Gasteiger partial charge is 0.0693 e. The van der Waals surface area contributed by atoms with E-state index in [0.717, 1.165) is 19.4 Å². The van der Waals surface area contributed by atoms with Crippen molar-refractivity contribution in [2.75, 3.05) is 0 Å². The summed E-state index contributed by atoms with van der Waals surface area (Å²) in [4.78, 5) is 0. The van der Waals surface area contributed by atoms with Crippen molar-refractivity contribution < 1.29 is 5.11 Å². The van der Waals surface area contributed by atoms with E-state index in [4.69, 9.17) is 0 Å². The van der Waals surface area contributed by atoms with E-state index in [2.05, 4.69) is 22.1 Å². The first-order valence-electron chi connectivity index (χ1n) is 5.79. The average molecular weight is 225 g/mol. The van der Waals surface area contributed by atoms with Gasteiger partial charge in [0.05, 0.1) is 6.10 Å². The van der Waals surface area contributed by atoms with Gasteiger partial charge in [0.25, 0.3) is 0 Å². The summed E-state index contributed by atoms with van der Waals surface area (Å²) in [5.74, 6) is 0. The van der Waals surface area contributed by atoms with Crippen LogP contribution in [0.5, 0.6) is 0 Å². The van der Waals surface area contributed by atoms with Gasteiger partial charge in [-0.1, -0.05) is 19.3 Å². The minimum Gasteiger partial charge on any atom is -0.392 e. The SMILES string of the molecule is OC1CCCCCC1NCc1ccsc1. The molecular formula is C12H19NOS. The van der Waals surface area contributed by atoms with Crippen LogP contribution in [0.4, 0.5) is 0 Å². The highest BCUT2D eigenvalue weighted by Gasteiger charge is 2.20. The zero-order valence-corrected chi connectivity index (χ0v) is 9.80. The van der Waals surface area contributed by atoms with Crippen LogP contribution in [-0.4, -0.2) is 17.3 Å². The highest BCUT2D eigenvalue weighted by molar-refractivity contribution is 7.07. The van der Waals surface area contributed by atoms with Crippen LogP contribution >= 0.6 is 11.3 Å². The molecule has 2 atom stereocenters. The van der Waals surface area contributed by atoms with Crippen LogP contribution < -0.4 is 5.32 Å². The number of rotatable bonds is 3. The Morgan fingerprint density at radius 1 is 1.33 bits per heavy atom. The third-order valence-electron chi connectivity index (χ3n) is 3.13. The van der Waals surface area contributed by atoms with E-state index >= 15 is 0 Å². The van der Waals surface area contributed by atoms with Gasteiger partial charge in [0, 0.05) is 12.6 Å². The predicted octanol–water partition coefficient (Wildman–Crippen LogP) is 2.53. The fourth-order valence-electron chi connectivity index (χ4n) is 2.17. The van der Waals surface area contributed by atoms with Gasteiger partial charge < -0.3 is 10.4 Å². The lowest BCUT2D eigenvalue weighted by Gasteiger charge is -2.21. The van der Waals surface area contributed by atoms with Crippen molar-refractivity contribution in [3.63, 3.8) is 0 Å². The summed E-state index contributed by atoms with van der Waals surface area (Å²) in [6.45, 7) is 0.894. The van der Waals surface area contributed by atoms with Crippen molar-refractivity contribution in [1.29, 1.82) is 0 Å². The molecular weight excluding hydrogens is 206 g/mol. The quantitative estimate of drug-likeness (QED) is 0.775. The molecule has 0 radical (unpaired) electrons. The van der Waals surface area contributed by atoms with E-state index in [1.54, 1.807) is 11.3 Å². The Labute approximate surface area is 95.3 Å². The zero-order valence-electron chi connectivity index (χ0n) is 8.98. The average Bonchev–Trinajstić information content (AvgIpc) is 2.67. The Kier molecular flexibility index (Phi) is 4.18. The number of hydrogen-bond acceptors (Lipinski definition) is 3. The minimum atomic E-state index is -0.147. The molecule has 1 heterocycles. The molecule has 1 aromatic rings. The van der Waals surface area contributed by atoms with Crippen LogP contribution in [0.3, 0.4) is 0 Å². The second-order valence-electron chi connectivity index (χ2n) is 4.32. The van der Waals surface area contributed by atoms with Crippen molar-refractivity contribution in [3.8, 4) is 0 Å². The Morgan fingerprint density at radius 3 is 3.00 bits per heavy atom. The van der Waals surface area contributed by atoms with Crippen molar-refractivity contribution in [3.05, 3.63) is 22.4 Å². The van der Waals surface area contributed by atoms with Crippen molar-refractivity contribution >= 4 is 11.3 Å². The van der Waals surface area contributed by atoms with Crippen molar-refractivity contribution in [1.82, 2.24) is 5.32 Å². The first-order chi connectivity index (χ1) is 7.36. The van der Waals surface area contributed by atoms with E-state index in [1.165, 1.54) is 24.8 Å². The molecule has 15 heavy (non-hydrogen) atoms. The summed E-state index contributed by atoms with van der Waals surface area (Å²) in [7, 11) is 0. The van der Waals surface area contributed by atoms with E-state index in [0.29, 0.717) is 6.04 Å². The third kappa shape index (κ3) is 3.30. The van der Waals surface area contributed by atoms with Gasteiger partial charge in [-0.15, -0.1) is 0 Å². The summed E-state index contributed by atoms with van der Waals surface area (Å²) in [6.07, 6.45) is 5.63. The van der Waals surface area contributed by atoms with Crippen LogP contribution in [0.25, 0.3) is 0 Å². The first kappa shape index (κ1) is 11.1. The van der Waals surface area contributed by atoms with E-state index < -0.39 is 0 Å². The predicted molar refractivity (Wildman–Crippen MR) is 64.0 cm³/mol. The van der Waals surface area contributed by atoms with Gasteiger partial charge in [-0.2, -0.15) is 11.3 Å². The summed E-state index contributed by atoms with van der Waals surface area (Å²) in [6, 6.07) is 2.44. The van der Waals surface area contributed by atoms with Crippen LogP contribution in [-0.2, 0) is 6.54 Å². The van der Waals surface area contributed by atoms with E-state index in [9.17, 15) is 5.11 Å². The van der Waals surface area contributed by atoms with Gasteiger partial charge in [-0.3, -0.25) is 0 Å². The van der Waals surface area contributed by atoms with Crippen LogP contribution in [0.15, 0.2) is 16.8 Å². The molecule has 2 unspecified atom stereocenters. The third-order valence-corrected chi connectivity index (χ3v) is 3.86. The number of thiophene rings is 1. The summed E-state index contributed by atoms with van der Waals surface area (Å²) in [5, 5.41) is 17.6. The molecule has 0 aliphatic heterocycles. The fourth-order valence-corrected chi connectivity index (χ4v) is 2.84. The molecule has 0 bridgehead atoms. The fraction of sp³-hybridized carbons (Fsp3) is 0.667. The Hall–Kier alpha value is -0.380. The molecule has 1 aliphatic rings. The lowest BCUT2D eigenvalue weighted by atomic mass is 10.1. The molecule has 2 nitrogen and oxygen atoms in total. The molecule has 1 fully saturated rings. The van der Waals surface area contributed by atoms with Crippen LogP contribution in [0, 0.1) is 0 Å². The lowest BCUT2D eigenvalue weighted by Crippen LogP contribution is -2.38. The largest absolute Gasteiger partial charge is 0.392 e. The van der Waals surface area contributed by atoms with Gasteiger partial charge in [-0.05, 0) is 35.2 Å². The molecule has 0 aromatic carbocycles. The minimum absolute atomic E-state index is 0.147. The molecule has 1 aromatic heterocycles. The van der Waals surface area contributed by atoms with Gasteiger partial charge in [0.1, 0.15) is 0 Å². The maximum Gasteiger partial charge on any atom is 0.0693 e. The Bertz CT molecular complexity index is 273. The molecule has 84 valence electrons. The first-order valence-corrected chi connectivity index (χ1v) is 6.73. The molecule has 1 saturated carbocycles. The molecule has 1 aliphatic carbocycles. The number of hydrogen-bond donors (Lipinski definition) is 2. The molecule has 0 amide bonds. The second kappa shape index (κ2) is 5.64. The van der Waals surface area contributed by atoms with Crippen LogP contribution in [0.1, 0.15) is 37.7 Å². The van der Waals surface area contributed by atoms with Gasteiger partial charge in [0.2, 0.25) is 0 Å². The number of aliphatic hydroxyl groups excluding tert-OH is 1. The summed E-state index contributed by atoms with van der Waals surface area (Å²) in [5.41, 5.74) is 1.33.